The normalized spacial score (nSPS) is 17.5. The largest absolute Gasteiger partial charge is 0.493 e. The highest BCUT2D eigenvalue weighted by Gasteiger charge is 2.36. The summed E-state index contributed by atoms with van der Waals surface area (Å²) in [6.45, 7) is 1.60. The van der Waals surface area contributed by atoms with Crippen LogP contribution in [0.1, 0.15) is 21.2 Å². The van der Waals surface area contributed by atoms with Crippen molar-refractivity contribution in [1.82, 2.24) is 5.32 Å². The van der Waals surface area contributed by atoms with Crippen LogP contribution in [0.5, 0.6) is 17.2 Å². The Kier molecular flexibility index (Phi) is 7.35. The topological polar surface area (TPSA) is 56.8 Å². The average molecular weight is 450 g/mol. The molecule has 1 aliphatic rings. The van der Waals surface area contributed by atoms with Crippen LogP contribution < -0.4 is 19.5 Å². The highest BCUT2D eigenvalue weighted by atomic mass is 32.2. The standard InChI is InChI=1S/C26H27NO4S/c1-29-21-12-8-13-22(30-2)25(21)31-16-15-27-17-20-24(28)19-11-6-7-14-23(19)32-26(20)18-9-4-3-5-10-18/h3-14,20,26-27H,15-17H2,1-2H3/t20-,26+/m0/s1. The molecule has 0 aliphatic carbocycles. The number of hydrogen-bond donors (Lipinski definition) is 1. The lowest BCUT2D eigenvalue weighted by molar-refractivity contribution is 0.0908. The van der Waals surface area contributed by atoms with E-state index in [9.17, 15) is 4.79 Å². The van der Waals surface area contributed by atoms with E-state index in [4.69, 9.17) is 14.2 Å². The van der Waals surface area contributed by atoms with Crippen molar-refractivity contribution in [3.05, 3.63) is 83.9 Å². The van der Waals surface area contributed by atoms with Crippen LogP contribution in [0.2, 0.25) is 0 Å². The predicted octanol–water partition coefficient (Wildman–Crippen LogP) is 5.02. The third kappa shape index (κ3) is 4.76. The van der Waals surface area contributed by atoms with E-state index >= 15 is 0 Å². The van der Waals surface area contributed by atoms with E-state index in [1.165, 1.54) is 5.56 Å². The minimum absolute atomic E-state index is 0.0707. The molecule has 3 aromatic rings. The van der Waals surface area contributed by atoms with Gasteiger partial charge in [0, 0.05) is 28.8 Å². The lowest BCUT2D eigenvalue weighted by Gasteiger charge is -2.32. The van der Waals surface area contributed by atoms with Gasteiger partial charge < -0.3 is 19.5 Å². The lowest BCUT2D eigenvalue weighted by atomic mass is 9.90. The van der Waals surface area contributed by atoms with Crippen LogP contribution in [0.15, 0.2) is 77.7 Å². The summed E-state index contributed by atoms with van der Waals surface area (Å²) < 4.78 is 16.7. The van der Waals surface area contributed by atoms with Gasteiger partial charge in [-0.2, -0.15) is 0 Å². The van der Waals surface area contributed by atoms with Crippen LogP contribution in [0.3, 0.4) is 0 Å². The first kappa shape index (κ1) is 22.2. The van der Waals surface area contributed by atoms with Crippen molar-refractivity contribution in [2.24, 2.45) is 5.92 Å². The number of ether oxygens (including phenoxy) is 3. The van der Waals surface area contributed by atoms with Crippen molar-refractivity contribution in [2.45, 2.75) is 10.1 Å². The summed E-state index contributed by atoms with van der Waals surface area (Å²) in [6, 6.07) is 23.7. The van der Waals surface area contributed by atoms with E-state index in [1.807, 2.05) is 60.7 Å². The van der Waals surface area contributed by atoms with Crippen LogP contribution in [-0.2, 0) is 0 Å². The first-order valence-electron chi connectivity index (χ1n) is 10.6. The maximum absolute atomic E-state index is 13.3. The summed E-state index contributed by atoms with van der Waals surface area (Å²) in [6.07, 6.45) is 0. The summed E-state index contributed by atoms with van der Waals surface area (Å²) >= 11 is 1.77. The van der Waals surface area contributed by atoms with E-state index in [-0.39, 0.29) is 17.0 Å². The second-order valence-electron chi connectivity index (χ2n) is 7.46. The minimum Gasteiger partial charge on any atom is -0.493 e. The van der Waals surface area contributed by atoms with Gasteiger partial charge in [0.1, 0.15) is 6.61 Å². The smallest absolute Gasteiger partial charge is 0.203 e. The van der Waals surface area contributed by atoms with Crippen LogP contribution in [0.4, 0.5) is 0 Å². The third-order valence-corrected chi connectivity index (χ3v) is 6.97. The molecule has 2 atom stereocenters. The highest BCUT2D eigenvalue weighted by Crippen LogP contribution is 2.47. The Morgan fingerprint density at radius 2 is 1.56 bits per heavy atom. The average Bonchev–Trinajstić information content (AvgIpc) is 2.85. The van der Waals surface area contributed by atoms with Crippen molar-refractivity contribution in [1.29, 1.82) is 0 Å². The molecule has 1 heterocycles. The number of nitrogens with one attached hydrogen (secondary N) is 1. The number of ketones is 1. The first-order chi connectivity index (χ1) is 15.7. The van der Waals surface area contributed by atoms with Gasteiger partial charge >= 0.3 is 0 Å². The fraction of sp³-hybridized carbons (Fsp3) is 0.269. The van der Waals surface area contributed by atoms with Crippen molar-refractivity contribution < 1.29 is 19.0 Å². The molecule has 0 saturated heterocycles. The minimum atomic E-state index is -0.155. The summed E-state index contributed by atoms with van der Waals surface area (Å²) in [7, 11) is 3.21. The Hall–Kier alpha value is -2.96. The molecule has 32 heavy (non-hydrogen) atoms. The molecule has 4 rings (SSSR count). The van der Waals surface area contributed by atoms with E-state index in [2.05, 4.69) is 17.4 Å². The molecule has 0 unspecified atom stereocenters. The Morgan fingerprint density at radius 3 is 2.28 bits per heavy atom. The van der Waals surface area contributed by atoms with Gasteiger partial charge in [0.25, 0.3) is 0 Å². The second kappa shape index (κ2) is 10.6. The third-order valence-electron chi connectivity index (χ3n) is 5.51. The zero-order valence-electron chi connectivity index (χ0n) is 18.2. The summed E-state index contributed by atoms with van der Waals surface area (Å²) in [5.74, 6) is 1.87. The number of methoxy groups -OCH3 is 2. The highest BCUT2D eigenvalue weighted by molar-refractivity contribution is 7.99. The molecular formula is C26H27NO4S. The zero-order valence-corrected chi connectivity index (χ0v) is 19.1. The first-order valence-corrected chi connectivity index (χ1v) is 11.5. The van der Waals surface area contributed by atoms with E-state index < -0.39 is 0 Å². The van der Waals surface area contributed by atoms with E-state index in [1.54, 1.807) is 26.0 Å². The predicted molar refractivity (Wildman–Crippen MR) is 127 cm³/mol. The van der Waals surface area contributed by atoms with Crippen LogP contribution in [-0.4, -0.2) is 39.7 Å². The lowest BCUT2D eigenvalue weighted by Crippen LogP contribution is -2.36. The second-order valence-corrected chi connectivity index (χ2v) is 8.64. The molecule has 1 aliphatic heterocycles. The molecule has 0 spiro atoms. The maximum atomic E-state index is 13.3. The van der Waals surface area contributed by atoms with Crippen LogP contribution >= 0.6 is 11.8 Å². The molecule has 0 fully saturated rings. The van der Waals surface area contributed by atoms with Gasteiger partial charge in [-0.25, -0.2) is 0 Å². The maximum Gasteiger partial charge on any atom is 0.203 e. The van der Waals surface area contributed by atoms with Gasteiger partial charge in [-0.15, -0.1) is 11.8 Å². The molecule has 0 amide bonds. The van der Waals surface area contributed by atoms with Crippen molar-refractivity contribution in [3.8, 4) is 17.2 Å². The Bertz CT molecular complexity index is 1030. The van der Waals surface area contributed by atoms with Crippen molar-refractivity contribution in [3.63, 3.8) is 0 Å². The van der Waals surface area contributed by atoms with Gasteiger partial charge in [0.15, 0.2) is 17.3 Å². The molecule has 0 radical (unpaired) electrons. The summed E-state index contributed by atoms with van der Waals surface area (Å²) in [4.78, 5) is 14.4. The molecule has 6 heteroatoms. The molecular weight excluding hydrogens is 422 g/mol. The van der Waals surface area contributed by atoms with Gasteiger partial charge in [0.2, 0.25) is 5.75 Å². The number of para-hydroxylation sites is 1. The number of carbonyl (C=O) groups is 1. The van der Waals surface area contributed by atoms with Gasteiger partial charge in [-0.1, -0.05) is 54.6 Å². The number of hydrogen-bond acceptors (Lipinski definition) is 6. The fourth-order valence-corrected chi connectivity index (χ4v) is 5.32. The Labute approximate surface area is 193 Å². The number of Topliss-reactive ketones (excluding diaryl/α,β-unsaturated/α-hetero) is 1. The summed E-state index contributed by atoms with van der Waals surface area (Å²) in [5, 5.41) is 3.49. The Balaban J connectivity index is 1.42. The SMILES string of the molecule is COc1cccc(OC)c1OCCNC[C@H]1C(=O)c2ccccc2S[C@@H]1c1ccccc1. The van der Waals surface area contributed by atoms with Crippen LogP contribution in [0.25, 0.3) is 0 Å². The van der Waals surface area contributed by atoms with Crippen molar-refractivity contribution in [2.75, 3.05) is 33.9 Å². The molecule has 0 saturated carbocycles. The van der Waals surface area contributed by atoms with Crippen LogP contribution in [0, 0.1) is 5.92 Å². The van der Waals surface area contributed by atoms with Gasteiger partial charge in [0.05, 0.1) is 20.1 Å². The summed E-state index contributed by atoms with van der Waals surface area (Å²) in [5.41, 5.74) is 1.98. The number of carbonyl (C=O) groups excluding carboxylic acids is 1. The van der Waals surface area contributed by atoms with Gasteiger partial charge in [-0.05, 0) is 23.8 Å². The Morgan fingerprint density at radius 1 is 0.875 bits per heavy atom. The van der Waals surface area contributed by atoms with Gasteiger partial charge in [-0.3, -0.25) is 4.79 Å². The number of rotatable bonds is 9. The quantitative estimate of drug-likeness (QED) is 0.463. The fourth-order valence-electron chi connectivity index (χ4n) is 3.91. The molecule has 0 bridgehead atoms. The van der Waals surface area contributed by atoms with Crippen molar-refractivity contribution >= 4 is 17.5 Å². The molecule has 1 N–H and O–H groups in total. The van der Waals surface area contributed by atoms with E-state index in [0.29, 0.717) is 36.9 Å². The molecule has 0 aromatic heterocycles. The molecule has 3 aromatic carbocycles. The zero-order chi connectivity index (χ0) is 22.3. The number of thioether (sulfide) groups is 1. The monoisotopic (exact) mass is 449 g/mol. The molecule has 5 nitrogen and oxygen atoms in total. The number of benzene rings is 3. The molecule has 166 valence electrons. The van der Waals surface area contributed by atoms with E-state index in [0.717, 1.165) is 10.5 Å². The number of fused-ring (bicyclic) bond motifs is 1.